The van der Waals surface area contributed by atoms with Crippen molar-refractivity contribution in [3.05, 3.63) is 29.3 Å². The Hall–Kier alpha value is -1.54. The third kappa shape index (κ3) is 3.31. The number of rotatable bonds is 5. The van der Waals surface area contributed by atoms with E-state index in [2.05, 4.69) is 0 Å². The van der Waals surface area contributed by atoms with E-state index in [0.29, 0.717) is 0 Å². The number of carboxylic acid groups (broad SMARTS) is 1. The number of aryl methyl sites for hydroxylation is 1. The van der Waals surface area contributed by atoms with Crippen molar-refractivity contribution in [3.8, 4) is 0 Å². The molecule has 0 spiro atoms. The summed E-state index contributed by atoms with van der Waals surface area (Å²) < 4.78 is 52.8. The van der Waals surface area contributed by atoms with Crippen LogP contribution in [0.4, 0.5) is 8.78 Å². The Morgan fingerprint density at radius 2 is 1.80 bits per heavy atom. The van der Waals surface area contributed by atoms with Crippen molar-refractivity contribution >= 4 is 16.0 Å². The highest BCUT2D eigenvalue weighted by Crippen LogP contribution is 2.20. The molecule has 0 saturated heterocycles. The van der Waals surface area contributed by atoms with Gasteiger partial charge in [-0.25, -0.2) is 17.2 Å². The van der Waals surface area contributed by atoms with Crippen molar-refractivity contribution in [2.75, 3.05) is 0 Å². The van der Waals surface area contributed by atoms with Gasteiger partial charge in [0.25, 0.3) is 0 Å². The lowest BCUT2D eigenvalue weighted by Gasteiger charge is -2.18. The topological polar surface area (TPSA) is 83.5 Å². The van der Waals surface area contributed by atoms with Gasteiger partial charge in [-0.05, 0) is 24.5 Å². The molecule has 0 heterocycles. The fraction of sp³-hybridized carbons (Fsp3) is 0.417. The first-order valence-electron chi connectivity index (χ1n) is 5.77. The minimum atomic E-state index is -4.47. The number of aliphatic carboxylic acids is 1. The van der Waals surface area contributed by atoms with Gasteiger partial charge in [0.1, 0.15) is 10.9 Å². The van der Waals surface area contributed by atoms with Crippen LogP contribution in [0.25, 0.3) is 0 Å². The van der Waals surface area contributed by atoms with Gasteiger partial charge in [0.15, 0.2) is 11.6 Å². The van der Waals surface area contributed by atoms with Crippen molar-refractivity contribution in [1.29, 1.82) is 0 Å². The van der Waals surface area contributed by atoms with Crippen LogP contribution in [0.15, 0.2) is 17.0 Å². The average molecular weight is 307 g/mol. The first-order valence-corrected chi connectivity index (χ1v) is 7.26. The standard InChI is InChI=1S/C12H15F2NO4S/c1-6(2)11(12(16)17)15-20(18,19)8-5-4-7(3)9(13)10(8)14/h4-6,11,15H,1-3H3,(H,16,17)/t11-/m1/s1. The Kier molecular flexibility index (Phi) is 4.82. The van der Waals surface area contributed by atoms with Gasteiger partial charge in [0, 0.05) is 0 Å². The predicted octanol–water partition coefficient (Wildman–Crippen LogP) is 1.66. The molecule has 1 aromatic carbocycles. The molecular formula is C12H15F2NO4S. The van der Waals surface area contributed by atoms with E-state index in [0.717, 1.165) is 12.1 Å². The number of carboxylic acids is 1. The van der Waals surface area contributed by atoms with Gasteiger partial charge in [-0.3, -0.25) is 4.79 Å². The van der Waals surface area contributed by atoms with Crippen LogP contribution in [0.1, 0.15) is 19.4 Å². The summed E-state index contributed by atoms with van der Waals surface area (Å²) in [6.07, 6.45) is 0. The zero-order valence-corrected chi connectivity index (χ0v) is 12.0. The monoisotopic (exact) mass is 307 g/mol. The normalized spacial score (nSPS) is 13.5. The number of sulfonamides is 1. The Labute approximate surface area is 115 Å². The average Bonchev–Trinajstić information content (AvgIpc) is 2.32. The Morgan fingerprint density at radius 3 is 2.25 bits per heavy atom. The molecular weight excluding hydrogens is 292 g/mol. The van der Waals surface area contributed by atoms with E-state index in [1.165, 1.54) is 20.8 Å². The van der Waals surface area contributed by atoms with E-state index < -0.39 is 44.5 Å². The van der Waals surface area contributed by atoms with Crippen LogP contribution in [0, 0.1) is 24.5 Å². The van der Waals surface area contributed by atoms with Gasteiger partial charge in [0.05, 0.1) is 0 Å². The smallest absolute Gasteiger partial charge is 0.322 e. The van der Waals surface area contributed by atoms with Crippen LogP contribution >= 0.6 is 0 Å². The lowest BCUT2D eigenvalue weighted by molar-refractivity contribution is -0.140. The van der Waals surface area contributed by atoms with Crippen molar-refractivity contribution in [2.45, 2.75) is 31.7 Å². The molecule has 2 N–H and O–H groups in total. The van der Waals surface area contributed by atoms with Crippen molar-refractivity contribution < 1.29 is 27.1 Å². The third-order valence-corrected chi connectivity index (χ3v) is 4.20. The summed E-state index contributed by atoms with van der Waals surface area (Å²) in [4.78, 5) is 10.1. The number of hydrogen-bond acceptors (Lipinski definition) is 3. The molecule has 0 aliphatic carbocycles. The predicted molar refractivity (Wildman–Crippen MR) is 67.7 cm³/mol. The maximum Gasteiger partial charge on any atom is 0.322 e. The molecule has 0 saturated carbocycles. The Bertz CT molecular complexity index is 629. The molecule has 20 heavy (non-hydrogen) atoms. The molecule has 8 heteroatoms. The molecule has 0 amide bonds. The van der Waals surface area contributed by atoms with Gasteiger partial charge in [0.2, 0.25) is 10.0 Å². The maximum absolute atomic E-state index is 13.7. The van der Waals surface area contributed by atoms with E-state index in [4.69, 9.17) is 5.11 Å². The Balaban J connectivity index is 3.25. The molecule has 0 fully saturated rings. The number of carbonyl (C=O) groups is 1. The first kappa shape index (κ1) is 16.5. The molecule has 112 valence electrons. The van der Waals surface area contributed by atoms with Gasteiger partial charge in [-0.15, -0.1) is 0 Å². The molecule has 0 aliphatic heterocycles. The minimum Gasteiger partial charge on any atom is -0.480 e. The summed E-state index contributed by atoms with van der Waals surface area (Å²) in [5.74, 6) is -4.74. The molecule has 1 aromatic rings. The fourth-order valence-electron chi connectivity index (χ4n) is 1.54. The summed E-state index contributed by atoms with van der Waals surface area (Å²) in [5.41, 5.74) is -0.0416. The molecule has 0 bridgehead atoms. The highest BCUT2D eigenvalue weighted by Gasteiger charge is 2.30. The van der Waals surface area contributed by atoms with E-state index in [1.807, 2.05) is 4.72 Å². The van der Waals surface area contributed by atoms with Crippen LogP contribution in [0.2, 0.25) is 0 Å². The minimum absolute atomic E-state index is 0.0416. The second-order valence-corrected chi connectivity index (χ2v) is 6.37. The van der Waals surface area contributed by atoms with Gasteiger partial charge in [-0.2, -0.15) is 4.72 Å². The second kappa shape index (κ2) is 5.84. The van der Waals surface area contributed by atoms with Crippen molar-refractivity contribution in [1.82, 2.24) is 4.72 Å². The van der Waals surface area contributed by atoms with Crippen molar-refractivity contribution in [2.24, 2.45) is 5.92 Å². The molecule has 1 atom stereocenters. The molecule has 1 rings (SSSR count). The van der Waals surface area contributed by atoms with Crippen LogP contribution in [-0.2, 0) is 14.8 Å². The fourth-order valence-corrected chi connectivity index (χ4v) is 2.95. The summed E-state index contributed by atoms with van der Waals surface area (Å²) in [7, 11) is -4.47. The number of nitrogens with one attached hydrogen (secondary N) is 1. The maximum atomic E-state index is 13.7. The summed E-state index contributed by atoms with van der Waals surface area (Å²) in [5, 5.41) is 8.93. The lowest BCUT2D eigenvalue weighted by atomic mass is 10.1. The van der Waals surface area contributed by atoms with E-state index in [-0.39, 0.29) is 5.56 Å². The second-order valence-electron chi connectivity index (χ2n) is 4.69. The lowest BCUT2D eigenvalue weighted by Crippen LogP contribution is -2.44. The summed E-state index contributed by atoms with van der Waals surface area (Å²) >= 11 is 0. The van der Waals surface area contributed by atoms with Crippen LogP contribution in [0.3, 0.4) is 0 Å². The van der Waals surface area contributed by atoms with Crippen LogP contribution < -0.4 is 4.72 Å². The molecule has 5 nitrogen and oxygen atoms in total. The van der Waals surface area contributed by atoms with Gasteiger partial charge >= 0.3 is 5.97 Å². The van der Waals surface area contributed by atoms with Crippen LogP contribution in [0.5, 0.6) is 0 Å². The van der Waals surface area contributed by atoms with Gasteiger partial charge < -0.3 is 5.11 Å². The van der Waals surface area contributed by atoms with E-state index in [1.54, 1.807) is 0 Å². The summed E-state index contributed by atoms with van der Waals surface area (Å²) in [6.45, 7) is 4.27. The molecule has 0 aromatic heterocycles. The SMILES string of the molecule is Cc1ccc(S(=O)(=O)N[C@@H](C(=O)O)C(C)C)c(F)c1F. The quantitative estimate of drug-likeness (QED) is 0.866. The molecule has 0 unspecified atom stereocenters. The zero-order valence-electron chi connectivity index (χ0n) is 11.1. The van der Waals surface area contributed by atoms with Gasteiger partial charge in [-0.1, -0.05) is 19.9 Å². The Morgan fingerprint density at radius 1 is 1.25 bits per heavy atom. The highest BCUT2D eigenvalue weighted by atomic mass is 32.2. The highest BCUT2D eigenvalue weighted by molar-refractivity contribution is 7.89. The summed E-state index contributed by atoms with van der Waals surface area (Å²) in [6, 6.07) is 0.580. The molecule has 0 radical (unpaired) electrons. The zero-order chi connectivity index (χ0) is 15.7. The molecule has 0 aliphatic rings. The van der Waals surface area contributed by atoms with Crippen molar-refractivity contribution in [3.63, 3.8) is 0 Å². The van der Waals surface area contributed by atoms with E-state index in [9.17, 15) is 22.0 Å². The third-order valence-electron chi connectivity index (χ3n) is 2.74. The first-order chi connectivity index (χ1) is 9.08. The largest absolute Gasteiger partial charge is 0.480 e. The number of hydrogen-bond donors (Lipinski definition) is 2. The number of benzene rings is 1. The van der Waals surface area contributed by atoms with E-state index >= 15 is 0 Å². The van der Waals surface area contributed by atoms with Crippen LogP contribution in [-0.4, -0.2) is 25.5 Å². The number of halogens is 2.